The molecule has 3 nitrogen and oxygen atoms in total. The van der Waals surface area contributed by atoms with Crippen LogP contribution in [-0.2, 0) is 4.79 Å². The van der Waals surface area contributed by atoms with Gasteiger partial charge in [-0.05, 0) is 31.4 Å². The van der Waals surface area contributed by atoms with Crippen LogP contribution in [0, 0.1) is 6.92 Å². The van der Waals surface area contributed by atoms with Gasteiger partial charge in [-0.15, -0.1) is 0 Å². The second kappa shape index (κ2) is 4.34. The van der Waals surface area contributed by atoms with Gasteiger partial charge in [0.05, 0.1) is 0 Å². The summed E-state index contributed by atoms with van der Waals surface area (Å²) in [6, 6.07) is 7.97. The normalized spacial score (nSPS) is 20.9. The molecule has 80 valence electrons. The van der Waals surface area contributed by atoms with Crippen LogP contribution >= 0.6 is 0 Å². The Hall–Kier alpha value is -1.51. The summed E-state index contributed by atoms with van der Waals surface area (Å²) in [6.45, 7) is 2.86. The van der Waals surface area contributed by atoms with E-state index >= 15 is 0 Å². The van der Waals surface area contributed by atoms with E-state index in [1.807, 2.05) is 31.2 Å². The molecular formula is C12H16N2O. The van der Waals surface area contributed by atoms with E-state index in [9.17, 15) is 4.79 Å². The van der Waals surface area contributed by atoms with Crippen molar-refractivity contribution in [1.82, 2.24) is 5.32 Å². The number of carbonyl (C=O) groups is 1. The number of anilines is 1. The van der Waals surface area contributed by atoms with Gasteiger partial charge < -0.3 is 10.6 Å². The number of rotatable bonds is 2. The molecule has 1 saturated heterocycles. The molecule has 0 aromatic heterocycles. The van der Waals surface area contributed by atoms with E-state index in [-0.39, 0.29) is 11.9 Å². The van der Waals surface area contributed by atoms with Crippen molar-refractivity contribution < 1.29 is 4.79 Å². The molecule has 1 aliphatic rings. The van der Waals surface area contributed by atoms with Crippen LogP contribution in [0.4, 0.5) is 5.69 Å². The van der Waals surface area contributed by atoms with Crippen molar-refractivity contribution in [2.75, 3.05) is 11.9 Å². The van der Waals surface area contributed by atoms with Gasteiger partial charge in [0.25, 0.3) is 0 Å². The van der Waals surface area contributed by atoms with Crippen molar-refractivity contribution in [3.8, 4) is 0 Å². The summed E-state index contributed by atoms with van der Waals surface area (Å²) in [6.07, 6.45) is 1.97. The molecule has 3 heteroatoms. The highest BCUT2D eigenvalue weighted by Crippen LogP contribution is 2.17. The Morgan fingerprint density at radius 1 is 1.40 bits per heavy atom. The maximum absolute atomic E-state index is 11.5. The predicted molar refractivity (Wildman–Crippen MR) is 60.8 cm³/mol. The number of hydrogen-bond acceptors (Lipinski definition) is 2. The Kier molecular flexibility index (Phi) is 2.90. The first-order valence-electron chi connectivity index (χ1n) is 5.37. The lowest BCUT2D eigenvalue weighted by atomic mass is 10.1. The summed E-state index contributed by atoms with van der Waals surface area (Å²) in [5, 5.41) is 6.16. The van der Waals surface area contributed by atoms with Gasteiger partial charge in [-0.25, -0.2) is 0 Å². The van der Waals surface area contributed by atoms with Gasteiger partial charge in [-0.3, -0.25) is 4.79 Å². The first-order chi connectivity index (χ1) is 7.27. The maximum atomic E-state index is 11.5. The zero-order valence-corrected chi connectivity index (χ0v) is 8.92. The van der Waals surface area contributed by atoms with Crippen LogP contribution in [0.25, 0.3) is 0 Å². The molecule has 0 aliphatic carbocycles. The molecule has 1 amide bonds. The highest BCUT2D eigenvalue weighted by atomic mass is 16.2. The smallest absolute Gasteiger partial charge is 0.242 e. The average Bonchev–Trinajstić information content (AvgIpc) is 2.24. The molecule has 1 aliphatic heterocycles. The van der Waals surface area contributed by atoms with Crippen molar-refractivity contribution >= 4 is 11.6 Å². The Morgan fingerprint density at radius 3 is 2.93 bits per heavy atom. The molecule has 1 aromatic carbocycles. The maximum Gasteiger partial charge on any atom is 0.242 e. The van der Waals surface area contributed by atoms with Crippen molar-refractivity contribution in [2.24, 2.45) is 0 Å². The SMILES string of the molecule is Cc1ccccc1NC1CCCNC1=O. The summed E-state index contributed by atoms with van der Waals surface area (Å²) in [7, 11) is 0. The van der Waals surface area contributed by atoms with Crippen LogP contribution in [0.1, 0.15) is 18.4 Å². The summed E-state index contributed by atoms with van der Waals surface area (Å²) in [5.74, 6) is 0.115. The lowest BCUT2D eigenvalue weighted by Gasteiger charge is -2.24. The number of piperidine rings is 1. The summed E-state index contributed by atoms with van der Waals surface area (Å²) >= 11 is 0. The Balaban J connectivity index is 2.08. The molecule has 0 spiro atoms. The zero-order valence-electron chi connectivity index (χ0n) is 8.92. The minimum Gasteiger partial charge on any atom is -0.373 e. The van der Waals surface area contributed by atoms with Gasteiger partial charge in [0.15, 0.2) is 0 Å². The van der Waals surface area contributed by atoms with Crippen LogP contribution in [0.15, 0.2) is 24.3 Å². The highest BCUT2D eigenvalue weighted by molar-refractivity contribution is 5.85. The first kappa shape index (κ1) is 10.0. The molecular weight excluding hydrogens is 188 g/mol. The van der Waals surface area contributed by atoms with E-state index in [0.717, 1.165) is 25.1 Å². The molecule has 0 bridgehead atoms. The average molecular weight is 204 g/mol. The number of nitrogens with one attached hydrogen (secondary N) is 2. The van der Waals surface area contributed by atoms with E-state index in [4.69, 9.17) is 0 Å². The molecule has 1 heterocycles. The standard InChI is InChI=1S/C12H16N2O/c1-9-5-2-3-6-10(9)14-11-7-4-8-13-12(11)15/h2-3,5-6,11,14H,4,7-8H2,1H3,(H,13,15). The van der Waals surface area contributed by atoms with Crippen molar-refractivity contribution in [1.29, 1.82) is 0 Å². The molecule has 1 unspecified atom stereocenters. The number of amides is 1. The number of hydrogen-bond donors (Lipinski definition) is 2. The van der Waals surface area contributed by atoms with Gasteiger partial charge in [-0.1, -0.05) is 18.2 Å². The number of aryl methyl sites for hydroxylation is 1. The lowest BCUT2D eigenvalue weighted by Crippen LogP contribution is -2.44. The zero-order chi connectivity index (χ0) is 10.7. The molecule has 2 rings (SSSR count). The summed E-state index contributed by atoms with van der Waals surface area (Å²) in [5.41, 5.74) is 2.23. The Labute approximate surface area is 89.9 Å². The van der Waals surface area contributed by atoms with Gasteiger partial charge in [0, 0.05) is 12.2 Å². The van der Waals surface area contributed by atoms with Crippen molar-refractivity contribution in [3.05, 3.63) is 29.8 Å². The third-order valence-corrected chi connectivity index (χ3v) is 2.76. The molecule has 0 radical (unpaired) electrons. The van der Waals surface area contributed by atoms with E-state index in [2.05, 4.69) is 10.6 Å². The molecule has 1 aromatic rings. The molecule has 2 N–H and O–H groups in total. The van der Waals surface area contributed by atoms with Crippen LogP contribution in [0.2, 0.25) is 0 Å². The minimum absolute atomic E-state index is 0.0696. The monoisotopic (exact) mass is 204 g/mol. The van der Waals surface area contributed by atoms with Crippen molar-refractivity contribution in [2.45, 2.75) is 25.8 Å². The van der Waals surface area contributed by atoms with Crippen LogP contribution in [0.3, 0.4) is 0 Å². The van der Waals surface area contributed by atoms with E-state index in [0.29, 0.717) is 0 Å². The van der Waals surface area contributed by atoms with Gasteiger partial charge >= 0.3 is 0 Å². The molecule has 0 saturated carbocycles. The highest BCUT2D eigenvalue weighted by Gasteiger charge is 2.21. The Bertz CT molecular complexity index is 362. The molecule has 15 heavy (non-hydrogen) atoms. The van der Waals surface area contributed by atoms with Gasteiger partial charge in [0.2, 0.25) is 5.91 Å². The molecule has 1 fully saturated rings. The van der Waals surface area contributed by atoms with Gasteiger partial charge in [-0.2, -0.15) is 0 Å². The second-order valence-electron chi connectivity index (χ2n) is 3.95. The lowest BCUT2D eigenvalue weighted by molar-refractivity contribution is -0.123. The fourth-order valence-electron chi connectivity index (χ4n) is 1.83. The number of carbonyl (C=O) groups excluding carboxylic acids is 1. The van der Waals surface area contributed by atoms with Crippen LogP contribution in [-0.4, -0.2) is 18.5 Å². The minimum atomic E-state index is -0.0696. The van der Waals surface area contributed by atoms with Crippen LogP contribution in [0.5, 0.6) is 0 Å². The van der Waals surface area contributed by atoms with E-state index < -0.39 is 0 Å². The van der Waals surface area contributed by atoms with Crippen molar-refractivity contribution in [3.63, 3.8) is 0 Å². The van der Waals surface area contributed by atoms with E-state index in [1.165, 1.54) is 5.56 Å². The summed E-state index contributed by atoms with van der Waals surface area (Å²) in [4.78, 5) is 11.5. The van der Waals surface area contributed by atoms with E-state index in [1.54, 1.807) is 0 Å². The number of para-hydroxylation sites is 1. The molecule has 1 atom stereocenters. The Morgan fingerprint density at radius 2 is 2.20 bits per heavy atom. The fourth-order valence-corrected chi connectivity index (χ4v) is 1.83. The fraction of sp³-hybridized carbons (Fsp3) is 0.417. The third kappa shape index (κ3) is 2.29. The second-order valence-corrected chi connectivity index (χ2v) is 3.95. The topological polar surface area (TPSA) is 41.1 Å². The predicted octanol–water partition coefficient (Wildman–Crippen LogP) is 1.69. The quantitative estimate of drug-likeness (QED) is 0.769. The third-order valence-electron chi connectivity index (χ3n) is 2.76. The first-order valence-corrected chi connectivity index (χ1v) is 5.37. The van der Waals surface area contributed by atoms with Crippen LogP contribution < -0.4 is 10.6 Å². The van der Waals surface area contributed by atoms with Gasteiger partial charge in [0.1, 0.15) is 6.04 Å². The largest absolute Gasteiger partial charge is 0.373 e. The number of benzene rings is 1. The summed E-state index contributed by atoms with van der Waals surface area (Å²) < 4.78 is 0.